The lowest BCUT2D eigenvalue weighted by Crippen LogP contribution is -1.99. The molecule has 0 saturated heterocycles. The smallest absolute Gasteiger partial charge is 0.265 e. The van der Waals surface area contributed by atoms with E-state index in [4.69, 9.17) is 15.7 Å². The first kappa shape index (κ1) is 13.6. The number of fused-ring (bicyclic) bond motifs is 1. The molecular weight excluding hydrogens is 383 g/mol. The average molecular weight is 392 g/mol. The second-order valence-electron chi connectivity index (χ2n) is 4.26. The van der Waals surface area contributed by atoms with E-state index in [2.05, 4.69) is 43.8 Å². The highest BCUT2D eigenvalue weighted by atomic mass is 127. The molecule has 104 valence electrons. The number of aromatic nitrogens is 4. The van der Waals surface area contributed by atoms with E-state index in [-0.39, 0.29) is 0 Å². The summed E-state index contributed by atoms with van der Waals surface area (Å²) >= 11 is 2.06. The highest BCUT2D eigenvalue weighted by Gasteiger charge is 2.14. The number of rotatable bonds is 2. The maximum absolute atomic E-state index is 8.93. The van der Waals surface area contributed by atoms with Crippen molar-refractivity contribution in [2.75, 3.05) is 5.73 Å². The van der Waals surface area contributed by atoms with E-state index in [1.165, 1.54) is 0 Å². The zero-order valence-corrected chi connectivity index (χ0v) is 13.1. The van der Waals surface area contributed by atoms with Crippen molar-refractivity contribution >= 4 is 33.9 Å². The minimum Gasteiger partial charge on any atom is -0.433 e. The summed E-state index contributed by atoms with van der Waals surface area (Å²) in [6.45, 7) is 1.84. The summed E-state index contributed by atoms with van der Waals surface area (Å²) < 4.78 is 8.29. The Balaban J connectivity index is 2.09. The van der Waals surface area contributed by atoms with Crippen molar-refractivity contribution in [3.63, 3.8) is 0 Å². The third-order valence-electron chi connectivity index (χ3n) is 2.87. The van der Waals surface area contributed by atoms with Crippen LogP contribution >= 0.6 is 22.6 Å². The number of nitrogens with two attached hydrogens (primary N) is 1. The second kappa shape index (κ2) is 5.17. The van der Waals surface area contributed by atoms with Crippen molar-refractivity contribution in [3.05, 3.63) is 39.5 Å². The van der Waals surface area contributed by atoms with E-state index in [0.29, 0.717) is 28.5 Å². The van der Waals surface area contributed by atoms with Gasteiger partial charge in [0.25, 0.3) is 5.88 Å². The van der Waals surface area contributed by atoms with Crippen LogP contribution in [0.3, 0.4) is 0 Å². The molecule has 0 spiro atoms. The van der Waals surface area contributed by atoms with E-state index in [9.17, 15) is 0 Å². The number of nitriles is 1. The molecule has 0 unspecified atom stereocenters. The molecule has 0 saturated carbocycles. The molecule has 0 aliphatic carbocycles. The first-order valence-electron chi connectivity index (χ1n) is 5.93. The van der Waals surface area contributed by atoms with Crippen molar-refractivity contribution in [1.82, 2.24) is 19.6 Å². The van der Waals surface area contributed by atoms with Crippen molar-refractivity contribution in [1.29, 1.82) is 5.26 Å². The van der Waals surface area contributed by atoms with Gasteiger partial charge in [0.2, 0.25) is 5.65 Å². The summed E-state index contributed by atoms with van der Waals surface area (Å²) in [4.78, 5) is 4.17. The Labute approximate surface area is 133 Å². The van der Waals surface area contributed by atoms with Crippen LogP contribution in [0, 0.1) is 21.8 Å². The molecule has 7 nitrogen and oxygen atoms in total. The van der Waals surface area contributed by atoms with Crippen LogP contribution in [0.4, 0.5) is 5.69 Å². The quantitative estimate of drug-likeness (QED) is 0.530. The molecule has 0 bridgehead atoms. The average Bonchev–Trinajstić information content (AvgIpc) is 2.85. The monoisotopic (exact) mass is 392 g/mol. The van der Waals surface area contributed by atoms with Crippen LogP contribution in [0.5, 0.6) is 11.6 Å². The molecular formula is C13H9IN6O. The lowest BCUT2D eigenvalue weighted by molar-refractivity contribution is 0.464. The van der Waals surface area contributed by atoms with Gasteiger partial charge in [-0.3, -0.25) is 4.40 Å². The normalized spacial score (nSPS) is 10.5. The molecule has 1 aromatic carbocycles. The molecule has 3 aromatic rings. The van der Waals surface area contributed by atoms with Gasteiger partial charge in [-0.1, -0.05) is 0 Å². The van der Waals surface area contributed by atoms with Gasteiger partial charge in [0, 0.05) is 12.4 Å². The zero-order chi connectivity index (χ0) is 15.0. The Kier molecular flexibility index (Phi) is 3.34. The first-order chi connectivity index (χ1) is 10.1. The highest BCUT2D eigenvalue weighted by Crippen LogP contribution is 2.33. The van der Waals surface area contributed by atoms with E-state index < -0.39 is 0 Å². The standard InChI is InChI=1S/C13H9IN6O/c1-7-18-19-12-13(17-2-3-20(7)12)21-11-9(14)4-8(6-15)5-10(11)16/h2-5H,16H2,1H3. The van der Waals surface area contributed by atoms with Crippen molar-refractivity contribution < 1.29 is 4.74 Å². The summed E-state index contributed by atoms with van der Waals surface area (Å²) in [5.74, 6) is 1.50. The third-order valence-corrected chi connectivity index (χ3v) is 3.67. The Morgan fingerprint density at radius 1 is 1.38 bits per heavy atom. The van der Waals surface area contributed by atoms with E-state index >= 15 is 0 Å². The van der Waals surface area contributed by atoms with Gasteiger partial charge in [-0.05, 0) is 41.6 Å². The molecule has 2 aromatic heterocycles. The van der Waals surface area contributed by atoms with Crippen LogP contribution in [0.2, 0.25) is 0 Å². The predicted molar refractivity (Wildman–Crippen MR) is 83.9 cm³/mol. The fraction of sp³-hybridized carbons (Fsp3) is 0.0769. The van der Waals surface area contributed by atoms with Crippen LogP contribution < -0.4 is 10.5 Å². The second-order valence-corrected chi connectivity index (χ2v) is 5.43. The van der Waals surface area contributed by atoms with Gasteiger partial charge in [0.1, 0.15) is 5.82 Å². The van der Waals surface area contributed by atoms with Gasteiger partial charge in [-0.25, -0.2) is 4.98 Å². The molecule has 0 radical (unpaired) electrons. The highest BCUT2D eigenvalue weighted by molar-refractivity contribution is 14.1. The molecule has 3 rings (SSSR count). The molecule has 8 heteroatoms. The number of anilines is 1. The molecule has 0 amide bonds. The number of hydrogen-bond donors (Lipinski definition) is 1. The minimum absolute atomic E-state index is 0.312. The van der Waals surface area contributed by atoms with Crippen molar-refractivity contribution in [3.8, 4) is 17.7 Å². The number of nitrogen functional groups attached to an aromatic ring is 1. The largest absolute Gasteiger partial charge is 0.433 e. The summed E-state index contributed by atoms with van der Waals surface area (Å²) in [7, 11) is 0. The van der Waals surface area contributed by atoms with Gasteiger partial charge in [0.15, 0.2) is 5.75 Å². The maximum atomic E-state index is 8.93. The molecule has 0 aliphatic heterocycles. The van der Waals surface area contributed by atoms with Crippen LogP contribution in [-0.2, 0) is 0 Å². The fourth-order valence-corrected chi connectivity index (χ4v) is 2.63. The topological polar surface area (TPSA) is 102 Å². The van der Waals surface area contributed by atoms with E-state index in [1.807, 2.05) is 6.92 Å². The summed E-state index contributed by atoms with van der Waals surface area (Å²) in [5.41, 5.74) is 7.31. The van der Waals surface area contributed by atoms with Gasteiger partial charge in [0.05, 0.1) is 20.9 Å². The number of aryl methyl sites for hydroxylation is 1. The van der Waals surface area contributed by atoms with Crippen LogP contribution in [0.25, 0.3) is 5.65 Å². The van der Waals surface area contributed by atoms with Crippen LogP contribution in [0.1, 0.15) is 11.4 Å². The van der Waals surface area contributed by atoms with Crippen LogP contribution in [0.15, 0.2) is 24.5 Å². The van der Waals surface area contributed by atoms with Crippen molar-refractivity contribution in [2.45, 2.75) is 6.92 Å². The summed E-state index contributed by atoms with van der Waals surface area (Å²) in [6, 6.07) is 5.31. The molecule has 0 aliphatic rings. The zero-order valence-electron chi connectivity index (χ0n) is 10.9. The summed E-state index contributed by atoms with van der Waals surface area (Å²) in [5, 5.41) is 17.0. The molecule has 0 atom stereocenters. The molecule has 21 heavy (non-hydrogen) atoms. The minimum atomic E-state index is 0.312. The van der Waals surface area contributed by atoms with Gasteiger partial charge >= 0.3 is 0 Å². The van der Waals surface area contributed by atoms with Gasteiger partial charge in [-0.15, -0.1) is 10.2 Å². The van der Waals surface area contributed by atoms with Crippen LogP contribution in [-0.4, -0.2) is 19.6 Å². The van der Waals surface area contributed by atoms with Crippen molar-refractivity contribution in [2.24, 2.45) is 0 Å². The Bertz CT molecular complexity index is 859. The maximum Gasteiger partial charge on any atom is 0.265 e. The summed E-state index contributed by atoms with van der Waals surface area (Å²) in [6.07, 6.45) is 3.36. The Morgan fingerprint density at radius 2 is 2.19 bits per heavy atom. The predicted octanol–water partition coefficient (Wildman–Crippen LogP) is 2.28. The first-order valence-corrected chi connectivity index (χ1v) is 7.01. The van der Waals surface area contributed by atoms with Gasteiger partial charge < -0.3 is 10.5 Å². The number of benzene rings is 1. The molecule has 2 heterocycles. The Morgan fingerprint density at radius 3 is 2.90 bits per heavy atom. The molecule has 2 N–H and O–H groups in total. The SMILES string of the molecule is Cc1nnc2c(Oc3c(N)cc(C#N)cc3I)nccn12. The number of nitrogens with zero attached hydrogens (tertiary/aromatic N) is 5. The van der Waals surface area contributed by atoms with E-state index in [1.54, 1.807) is 28.9 Å². The number of ether oxygens (including phenoxy) is 1. The number of halogens is 1. The van der Waals surface area contributed by atoms with Gasteiger partial charge in [-0.2, -0.15) is 5.26 Å². The van der Waals surface area contributed by atoms with E-state index in [0.717, 1.165) is 9.39 Å². The lowest BCUT2D eigenvalue weighted by atomic mass is 10.2. The third kappa shape index (κ3) is 2.36. The number of hydrogen-bond acceptors (Lipinski definition) is 6. The fourth-order valence-electron chi connectivity index (χ4n) is 1.87. The lowest BCUT2D eigenvalue weighted by Gasteiger charge is -2.10. The molecule has 0 fully saturated rings. The Hall–Kier alpha value is -2.41.